The molecule has 2 N–H and O–H groups in total. The Kier molecular flexibility index (Phi) is 6.14. The number of nitrogens with one attached hydrogen (secondary N) is 2. The van der Waals surface area contributed by atoms with Crippen LogP contribution in [0.5, 0.6) is 0 Å². The van der Waals surface area contributed by atoms with Crippen molar-refractivity contribution in [3.8, 4) is 0 Å². The molecule has 3 fully saturated rings. The largest absolute Gasteiger partial charge is 0.379 e. The summed E-state index contributed by atoms with van der Waals surface area (Å²) in [5.74, 6) is 2.05. The van der Waals surface area contributed by atoms with Crippen molar-refractivity contribution in [2.45, 2.75) is 64.1 Å². The molecule has 4 heteroatoms. The highest BCUT2D eigenvalue weighted by Gasteiger charge is 2.36. The van der Waals surface area contributed by atoms with E-state index < -0.39 is 0 Å². The number of morpholine rings is 1. The molecule has 1 aliphatic carbocycles. The molecule has 2 saturated heterocycles. The maximum Gasteiger partial charge on any atom is 0.0638 e. The van der Waals surface area contributed by atoms with Gasteiger partial charge in [-0.15, -0.1) is 0 Å². The molecular weight excluding hydrogens is 276 g/mol. The van der Waals surface area contributed by atoms with Crippen molar-refractivity contribution in [1.82, 2.24) is 10.6 Å². The second-order valence-corrected chi connectivity index (χ2v) is 7.73. The SMILES string of the molecule is CC(C)C1OCCCC1CNC1CCCC1C1COCCN1. The van der Waals surface area contributed by atoms with Crippen LogP contribution in [0, 0.1) is 17.8 Å². The van der Waals surface area contributed by atoms with Gasteiger partial charge in [0.05, 0.1) is 19.3 Å². The fraction of sp³-hybridized carbons (Fsp3) is 1.00. The molecule has 3 aliphatic rings. The van der Waals surface area contributed by atoms with Gasteiger partial charge in [0.1, 0.15) is 0 Å². The molecule has 3 rings (SSSR count). The first-order chi connectivity index (χ1) is 10.8. The molecule has 0 aromatic heterocycles. The highest BCUT2D eigenvalue weighted by atomic mass is 16.5. The van der Waals surface area contributed by atoms with Crippen LogP contribution in [0.3, 0.4) is 0 Å². The highest BCUT2D eigenvalue weighted by Crippen LogP contribution is 2.31. The predicted octanol–water partition coefficient (Wildman–Crippen LogP) is 2.18. The third kappa shape index (κ3) is 4.02. The molecule has 0 amide bonds. The molecule has 4 nitrogen and oxygen atoms in total. The van der Waals surface area contributed by atoms with E-state index >= 15 is 0 Å². The van der Waals surface area contributed by atoms with Gasteiger partial charge in [0, 0.05) is 31.8 Å². The Hall–Kier alpha value is -0.160. The third-order valence-electron chi connectivity index (χ3n) is 5.83. The quantitative estimate of drug-likeness (QED) is 0.817. The first kappa shape index (κ1) is 16.7. The van der Waals surface area contributed by atoms with Crippen LogP contribution in [-0.4, -0.2) is 51.1 Å². The van der Waals surface area contributed by atoms with Crippen molar-refractivity contribution < 1.29 is 9.47 Å². The second kappa shape index (κ2) is 8.09. The average molecular weight is 310 g/mol. The van der Waals surface area contributed by atoms with Crippen LogP contribution in [0.4, 0.5) is 0 Å². The van der Waals surface area contributed by atoms with Crippen molar-refractivity contribution in [1.29, 1.82) is 0 Å². The molecular formula is C18H34N2O2. The molecule has 5 atom stereocenters. The molecule has 5 unspecified atom stereocenters. The van der Waals surface area contributed by atoms with E-state index in [0.29, 0.717) is 30.0 Å². The summed E-state index contributed by atoms with van der Waals surface area (Å²) >= 11 is 0. The first-order valence-corrected chi connectivity index (χ1v) is 9.42. The van der Waals surface area contributed by atoms with Crippen LogP contribution in [0.15, 0.2) is 0 Å². The molecule has 2 heterocycles. The summed E-state index contributed by atoms with van der Waals surface area (Å²) in [6.07, 6.45) is 7.00. The third-order valence-corrected chi connectivity index (χ3v) is 5.83. The van der Waals surface area contributed by atoms with Gasteiger partial charge >= 0.3 is 0 Å². The predicted molar refractivity (Wildman–Crippen MR) is 89.0 cm³/mol. The van der Waals surface area contributed by atoms with Crippen molar-refractivity contribution in [2.24, 2.45) is 17.8 Å². The van der Waals surface area contributed by atoms with Crippen molar-refractivity contribution in [3.05, 3.63) is 0 Å². The molecule has 0 aromatic rings. The monoisotopic (exact) mass is 310 g/mol. The van der Waals surface area contributed by atoms with E-state index in [1.807, 2.05) is 0 Å². The smallest absolute Gasteiger partial charge is 0.0638 e. The van der Waals surface area contributed by atoms with E-state index in [1.54, 1.807) is 0 Å². The maximum atomic E-state index is 6.04. The van der Waals surface area contributed by atoms with E-state index in [-0.39, 0.29) is 0 Å². The molecule has 2 aliphatic heterocycles. The van der Waals surface area contributed by atoms with Gasteiger partial charge < -0.3 is 20.1 Å². The molecule has 1 saturated carbocycles. The second-order valence-electron chi connectivity index (χ2n) is 7.73. The summed E-state index contributed by atoms with van der Waals surface area (Å²) in [6.45, 7) is 9.45. The lowest BCUT2D eigenvalue weighted by molar-refractivity contribution is -0.0527. The van der Waals surface area contributed by atoms with Crippen LogP contribution < -0.4 is 10.6 Å². The first-order valence-electron chi connectivity index (χ1n) is 9.42. The van der Waals surface area contributed by atoms with E-state index in [4.69, 9.17) is 9.47 Å². The topological polar surface area (TPSA) is 42.5 Å². The number of hydrogen-bond acceptors (Lipinski definition) is 4. The lowest BCUT2D eigenvalue weighted by Gasteiger charge is -2.37. The lowest BCUT2D eigenvalue weighted by atomic mass is 9.86. The normalized spacial score (nSPS) is 40.2. The summed E-state index contributed by atoms with van der Waals surface area (Å²) in [7, 11) is 0. The van der Waals surface area contributed by atoms with E-state index in [9.17, 15) is 0 Å². The Morgan fingerprint density at radius 3 is 2.82 bits per heavy atom. The minimum absolute atomic E-state index is 0.442. The van der Waals surface area contributed by atoms with Crippen LogP contribution in [-0.2, 0) is 9.47 Å². The lowest BCUT2D eigenvalue weighted by Crippen LogP contribution is -2.52. The molecule has 0 radical (unpaired) electrons. The van der Waals surface area contributed by atoms with Gasteiger partial charge in [0.15, 0.2) is 0 Å². The van der Waals surface area contributed by atoms with Crippen LogP contribution in [0.2, 0.25) is 0 Å². The van der Waals surface area contributed by atoms with Crippen molar-refractivity contribution in [2.75, 3.05) is 32.9 Å². The van der Waals surface area contributed by atoms with Crippen LogP contribution >= 0.6 is 0 Å². The molecule has 0 aromatic carbocycles. The van der Waals surface area contributed by atoms with Gasteiger partial charge in [-0.3, -0.25) is 0 Å². The molecule has 0 spiro atoms. The average Bonchev–Trinajstić information content (AvgIpc) is 3.02. The summed E-state index contributed by atoms with van der Waals surface area (Å²) in [5.41, 5.74) is 0. The van der Waals surface area contributed by atoms with Gasteiger partial charge in [0.2, 0.25) is 0 Å². The van der Waals surface area contributed by atoms with Gasteiger partial charge in [-0.05, 0) is 43.4 Å². The van der Waals surface area contributed by atoms with Crippen molar-refractivity contribution in [3.63, 3.8) is 0 Å². The summed E-state index contributed by atoms with van der Waals surface area (Å²) in [6, 6.07) is 1.21. The van der Waals surface area contributed by atoms with Gasteiger partial charge in [-0.1, -0.05) is 20.3 Å². The van der Waals surface area contributed by atoms with Crippen LogP contribution in [0.1, 0.15) is 46.0 Å². The Morgan fingerprint density at radius 1 is 1.14 bits per heavy atom. The minimum Gasteiger partial charge on any atom is -0.379 e. The molecule has 0 bridgehead atoms. The number of rotatable bonds is 5. The van der Waals surface area contributed by atoms with E-state index in [0.717, 1.165) is 38.8 Å². The van der Waals surface area contributed by atoms with Gasteiger partial charge in [-0.25, -0.2) is 0 Å². The Bertz CT molecular complexity index is 331. The van der Waals surface area contributed by atoms with Crippen LogP contribution in [0.25, 0.3) is 0 Å². The summed E-state index contributed by atoms with van der Waals surface area (Å²) in [5, 5.41) is 7.57. The van der Waals surface area contributed by atoms with Gasteiger partial charge in [-0.2, -0.15) is 0 Å². The number of hydrogen-bond donors (Lipinski definition) is 2. The molecule has 128 valence electrons. The minimum atomic E-state index is 0.442. The summed E-state index contributed by atoms with van der Waals surface area (Å²) in [4.78, 5) is 0. The summed E-state index contributed by atoms with van der Waals surface area (Å²) < 4.78 is 11.7. The maximum absolute atomic E-state index is 6.04. The molecule has 22 heavy (non-hydrogen) atoms. The van der Waals surface area contributed by atoms with Gasteiger partial charge in [0.25, 0.3) is 0 Å². The van der Waals surface area contributed by atoms with Crippen molar-refractivity contribution >= 4 is 0 Å². The Balaban J connectivity index is 1.50. The van der Waals surface area contributed by atoms with E-state index in [2.05, 4.69) is 24.5 Å². The zero-order valence-electron chi connectivity index (χ0n) is 14.4. The Morgan fingerprint density at radius 2 is 2.05 bits per heavy atom. The zero-order valence-corrected chi connectivity index (χ0v) is 14.4. The van der Waals surface area contributed by atoms with E-state index in [1.165, 1.54) is 32.1 Å². The fourth-order valence-corrected chi connectivity index (χ4v) is 4.71. The fourth-order valence-electron chi connectivity index (χ4n) is 4.71. The standard InChI is InChI=1S/C18H34N2O2/c1-13(2)18-14(5-4-9-22-18)11-20-16-7-3-6-15(16)17-12-21-10-8-19-17/h13-20H,3-12H2,1-2H3. The highest BCUT2D eigenvalue weighted by molar-refractivity contribution is 4.93. The number of ether oxygens (including phenoxy) is 2. The zero-order chi connectivity index (χ0) is 15.4. The Labute approximate surface area is 135 Å².